The van der Waals surface area contributed by atoms with E-state index in [0.717, 1.165) is 5.56 Å². The Kier molecular flexibility index (Phi) is 4.36. The van der Waals surface area contributed by atoms with Crippen LogP contribution in [-0.2, 0) is 6.54 Å². The third-order valence-corrected chi connectivity index (χ3v) is 1.43. The largest absolute Gasteiger partial charge is 0.326 e. The van der Waals surface area contributed by atoms with Gasteiger partial charge in [-0.1, -0.05) is 11.6 Å². The first kappa shape index (κ1) is 9.69. The van der Waals surface area contributed by atoms with Crippen molar-refractivity contribution in [2.45, 2.75) is 6.54 Å². The van der Waals surface area contributed by atoms with Gasteiger partial charge in [-0.15, -0.1) is 12.4 Å². The van der Waals surface area contributed by atoms with Gasteiger partial charge in [0.05, 0.1) is 0 Å². The normalized spacial score (nSPS) is 8.60. The van der Waals surface area contributed by atoms with Crippen LogP contribution in [0.5, 0.6) is 0 Å². The predicted molar refractivity (Wildman–Crippen MR) is 44.4 cm³/mol. The third-order valence-electron chi connectivity index (χ3n) is 1.06. The van der Waals surface area contributed by atoms with Gasteiger partial charge in [-0.3, -0.25) is 4.98 Å². The molecular weight excluding hydrogens is 171 g/mol. The Labute approximate surface area is 70.8 Å². The topological polar surface area (TPSA) is 38.9 Å². The molecule has 1 aromatic rings. The zero-order chi connectivity index (χ0) is 6.69. The summed E-state index contributed by atoms with van der Waals surface area (Å²) in [4.78, 5) is 3.85. The van der Waals surface area contributed by atoms with Crippen molar-refractivity contribution < 1.29 is 0 Å². The zero-order valence-electron chi connectivity index (χ0n) is 5.25. The van der Waals surface area contributed by atoms with Crippen LogP contribution in [0.1, 0.15) is 5.56 Å². The molecule has 4 heteroatoms. The van der Waals surface area contributed by atoms with E-state index in [2.05, 4.69) is 4.98 Å². The smallest absolute Gasteiger partial charge is 0.0481 e. The van der Waals surface area contributed by atoms with Crippen LogP contribution in [0.3, 0.4) is 0 Å². The second-order valence-corrected chi connectivity index (χ2v) is 2.08. The lowest BCUT2D eigenvalue weighted by Gasteiger charge is -1.95. The van der Waals surface area contributed by atoms with Crippen molar-refractivity contribution in [3.05, 3.63) is 29.0 Å². The van der Waals surface area contributed by atoms with Gasteiger partial charge in [-0.25, -0.2) is 0 Å². The van der Waals surface area contributed by atoms with E-state index >= 15 is 0 Å². The van der Waals surface area contributed by atoms with Crippen LogP contribution < -0.4 is 5.73 Å². The quantitative estimate of drug-likeness (QED) is 0.711. The maximum absolute atomic E-state index is 5.70. The molecule has 0 aliphatic carbocycles. The molecule has 0 atom stereocenters. The van der Waals surface area contributed by atoms with Crippen LogP contribution >= 0.6 is 24.0 Å². The lowest BCUT2D eigenvalue weighted by molar-refractivity contribution is 1.05. The molecule has 0 saturated heterocycles. The van der Waals surface area contributed by atoms with E-state index in [-0.39, 0.29) is 12.4 Å². The summed E-state index contributed by atoms with van der Waals surface area (Å²) < 4.78 is 0. The summed E-state index contributed by atoms with van der Waals surface area (Å²) in [6, 6.07) is 1.73. The van der Waals surface area contributed by atoms with Crippen LogP contribution in [0.25, 0.3) is 0 Å². The number of hydrogen-bond acceptors (Lipinski definition) is 2. The minimum Gasteiger partial charge on any atom is -0.326 e. The van der Waals surface area contributed by atoms with Crippen molar-refractivity contribution in [2.24, 2.45) is 5.73 Å². The van der Waals surface area contributed by atoms with E-state index in [4.69, 9.17) is 17.3 Å². The van der Waals surface area contributed by atoms with Gasteiger partial charge in [0.2, 0.25) is 0 Å². The Hall–Kier alpha value is -0.310. The van der Waals surface area contributed by atoms with E-state index in [1.54, 1.807) is 18.5 Å². The van der Waals surface area contributed by atoms with Gasteiger partial charge < -0.3 is 5.73 Å². The Morgan fingerprint density at radius 1 is 1.60 bits per heavy atom. The van der Waals surface area contributed by atoms with Crippen molar-refractivity contribution in [3.63, 3.8) is 0 Å². The van der Waals surface area contributed by atoms with Crippen molar-refractivity contribution in [3.8, 4) is 0 Å². The summed E-state index contributed by atoms with van der Waals surface area (Å²) in [5, 5.41) is 0.688. The molecule has 0 amide bonds. The first-order chi connectivity index (χ1) is 4.34. The number of pyridine rings is 1. The molecule has 0 bridgehead atoms. The van der Waals surface area contributed by atoms with Crippen LogP contribution in [0.4, 0.5) is 0 Å². The number of nitrogens with two attached hydrogens (primary N) is 1. The van der Waals surface area contributed by atoms with Crippen LogP contribution in [0.2, 0.25) is 5.02 Å². The second kappa shape index (κ2) is 4.50. The highest BCUT2D eigenvalue weighted by atomic mass is 35.5. The van der Waals surface area contributed by atoms with E-state index in [1.807, 2.05) is 0 Å². The van der Waals surface area contributed by atoms with Crippen molar-refractivity contribution in [1.82, 2.24) is 4.98 Å². The first-order valence-electron chi connectivity index (χ1n) is 2.63. The molecule has 0 saturated carbocycles. The van der Waals surface area contributed by atoms with E-state index in [9.17, 15) is 0 Å². The van der Waals surface area contributed by atoms with Crippen LogP contribution in [0.15, 0.2) is 18.5 Å². The van der Waals surface area contributed by atoms with Crippen molar-refractivity contribution in [2.75, 3.05) is 0 Å². The minimum atomic E-state index is 0. The van der Waals surface area contributed by atoms with Gasteiger partial charge in [0.15, 0.2) is 0 Å². The van der Waals surface area contributed by atoms with Gasteiger partial charge in [-0.2, -0.15) is 0 Å². The summed E-state index contributed by atoms with van der Waals surface area (Å²) in [6.45, 7) is 0.451. The molecule has 0 aliphatic heterocycles. The van der Waals surface area contributed by atoms with Gasteiger partial charge in [-0.05, 0) is 6.07 Å². The average Bonchev–Trinajstić information content (AvgIpc) is 1.89. The summed E-state index contributed by atoms with van der Waals surface area (Å²) in [5.74, 6) is 0. The predicted octanol–water partition coefficient (Wildman–Crippen LogP) is 1.62. The fraction of sp³-hybridized carbons (Fsp3) is 0.167. The van der Waals surface area contributed by atoms with E-state index in [0.29, 0.717) is 11.6 Å². The molecule has 0 aliphatic rings. The molecule has 0 radical (unpaired) electrons. The summed E-state index contributed by atoms with van der Waals surface area (Å²) in [6.07, 6.45) is 3.31. The summed E-state index contributed by atoms with van der Waals surface area (Å²) in [5.41, 5.74) is 6.21. The third kappa shape index (κ3) is 2.14. The highest BCUT2D eigenvalue weighted by Crippen LogP contribution is 2.11. The second-order valence-electron chi connectivity index (χ2n) is 1.67. The number of aromatic nitrogens is 1. The molecular formula is C6H8Cl2N2. The maximum atomic E-state index is 5.70. The lowest BCUT2D eigenvalue weighted by atomic mass is 10.3. The molecule has 1 aromatic heterocycles. The number of nitrogens with zero attached hydrogens (tertiary/aromatic N) is 1. The molecule has 2 nitrogen and oxygen atoms in total. The summed E-state index contributed by atoms with van der Waals surface area (Å²) in [7, 11) is 0. The van der Waals surface area contributed by atoms with E-state index < -0.39 is 0 Å². The molecule has 0 spiro atoms. The maximum Gasteiger partial charge on any atom is 0.0481 e. The zero-order valence-corrected chi connectivity index (χ0v) is 6.82. The number of rotatable bonds is 1. The van der Waals surface area contributed by atoms with Crippen molar-refractivity contribution >= 4 is 24.0 Å². The number of halogens is 2. The van der Waals surface area contributed by atoms with Gasteiger partial charge in [0.25, 0.3) is 0 Å². The first-order valence-corrected chi connectivity index (χ1v) is 3.01. The van der Waals surface area contributed by atoms with Crippen LogP contribution in [-0.4, -0.2) is 4.98 Å². The molecule has 0 unspecified atom stereocenters. The van der Waals surface area contributed by atoms with Crippen LogP contribution in [0, 0.1) is 0 Å². The van der Waals surface area contributed by atoms with Gasteiger partial charge in [0.1, 0.15) is 0 Å². The molecule has 1 rings (SSSR count). The van der Waals surface area contributed by atoms with Gasteiger partial charge in [0, 0.05) is 29.5 Å². The minimum absolute atomic E-state index is 0. The Balaban J connectivity index is 0.000000810. The molecule has 2 N–H and O–H groups in total. The molecule has 0 aromatic carbocycles. The number of hydrogen-bond donors (Lipinski definition) is 1. The fourth-order valence-corrected chi connectivity index (χ4v) is 0.743. The molecule has 56 valence electrons. The Morgan fingerprint density at radius 2 is 2.30 bits per heavy atom. The Bertz CT molecular complexity index is 203. The lowest BCUT2D eigenvalue weighted by Crippen LogP contribution is -1.96. The van der Waals surface area contributed by atoms with Crippen molar-refractivity contribution in [1.29, 1.82) is 0 Å². The standard InChI is InChI=1S/C6H7ClN2.ClH/c7-6-1-2-9-4-5(6)3-8;/h1-2,4H,3,8H2;1H. The summed E-state index contributed by atoms with van der Waals surface area (Å²) >= 11 is 5.70. The molecule has 1 heterocycles. The highest BCUT2D eigenvalue weighted by molar-refractivity contribution is 6.31. The average molecular weight is 179 g/mol. The monoisotopic (exact) mass is 178 g/mol. The fourth-order valence-electron chi connectivity index (χ4n) is 0.560. The molecule has 10 heavy (non-hydrogen) atoms. The van der Waals surface area contributed by atoms with Gasteiger partial charge >= 0.3 is 0 Å². The highest BCUT2D eigenvalue weighted by Gasteiger charge is 1.93. The Morgan fingerprint density at radius 3 is 2.70 bits per heavy atom. The molecule has 0 fully saturated rings. The SMILES string of the molecule is Cl.NCc1cnccc1Cl. The van der Waals surface area contributed by atoms with E-state index in [1.165, 1.54) is 0 Å².